The molecule has 2 rings (SSSR count). The SMILES string of the molecule is CCOC(=O)CCN(C(=O)C1CCCC1)C1CC1. The fraction of sp³-hybridized carbons (Fsp3) is 0.857. The van der Waals surface area contributed by atoms with Gasteiger partial charge >= 0.3 is 5.97 Å². The highest BCUT2D eigenvalue weighted by atomic mass is 16.5. The normalized spacial score (nSPS) is 19.8. The summed E-state index contributed by atoms with van der Waals surface area (Å²) in [6.07, 6.45) is 6.94. The summed E-state index contributed by atoms with van der Waals surface area (Å²) in [6, 6.07) is 0.396. The minimum absolute atomic E-state index is 0.192. The van der Waals surface area contributed by atoms with Crippen LogP contribution in [0.4, 0.5) is 0 Å². The molecule has 18 heavy (non-hydrogen) atoms. The largest absolute Gasteiger partial charge is 0.466 e. The highest BCUT2D eigenvalue weighted by Crippen LogP contribution is 2.32. The maximum Gasteiger partial charge on any atom is 0.307 e. The summed E-state index contributed by atoms with van der Waals surface area (Å²) in [6.45, 7) is 2.76. The number of amides is 1. The fourth-order valence-electron chi connectivity index (χ4n) is 2.71. The number of ether oxygens (including phenoxy) is 1. The van der Waals surface area contributed by atoms with Gasteiger partial charge in [0.25, 0.3) is 0 Å². The van der Waals surface area contributed by atoms with Crippen LogP contribution in [0.1, 0.15) is 51.9 Å². The van der Waals surface area contributed by atoms with Crippen molar-refractivity contribution < 1.29 is 14.3 Å². The first-order chi connectivity index (χ1) is 8.72. The van der Waals surface area contributed by atoms with Crippen LogP contribution >= 0.6 is 0 Å². The molecule has 0 aliphatic heterocycles. The molecular weight excluding hydrogens is 230 g/mol. The molecule has 4 nitrogen and oxygen atoms in total. The molecule has 0 spiro atoms. The Bertz CT molecular complexity index is 306. The van der Waals surface area contributed by atoms with Crippen LogP contribution in [0.2, 0.25) is 0 Å². The van der Waals surface area contributed by atoms with Gasteiger partial charge in [-0.2, -0.15) is 0 Å². The van der Waals surface area contributed by atoms with Gasteiger partial charge in [0.15, 0.2) is 0 Å². The van der Waals surface area contributed by atoms with E-state index in [1.165, 1.54) is 12.8 Å². The van der Waals surface area contributed by atoms with Gasteiger partial charge in [-0.05, 0) is 32.6 Å². The van der Waals surface area contributed by atoms with Crippen molar-refractivity contribution in [1.29, 1.82) is 0 Å². The monoisotopic (exact) mass is 253 g/mol. The van der Waals surface area contributed by atoms with E-state index in [4.69, 9.17) is 4.74 Å². The quantitative estimate of drug-likeness (QED) is 0.681. The van der Waals surface area contributed by atoms with E-state index in [1.807, 2.05) is 4.90 Å². The lowest BCUT2D eigenvalue weighted by Crippen LogP contribution is -2.38. The highest BCUT2D eigenvalue weighted by molar-refractivity contribution is 5.80. The van der Waals surface area contributed by atoms with Gasteiger partial charge in [-0.1, -0.05) is 12.8 Å². The van der Waals surface area contributed by atoms with E-state index in [-0.39, 0.29) is 17.8 Å². The van der Waals surface area contributed by atoms with E-state index in [0.29, 0.717) is 25.6 Å². The third kappa shape index (κ3) is 3.47. The molecule has 0 unspecified atom stereocenters. The van der Waals surface area contributed by atoms with Crippen LogP contribution in [0, 0.1) is 5.92 Å². The molecular formula is C14H23NO3. The molecule has 2 fully saturated rings. The Morgan fingerprint density at radius 2 is 1.83 bits per heavy atom. The van der Waals surface area contributed by atoms with Crippen molar-refractivity contribution in [1.82, 2.24) is 4.90 Å². The molecule has 1 amide bonds. The fourth-order valence-corrected chi connectivity index (χ4v) is 2.71. The molecule has 2 aliphatic rings. The Morgan fingerprint density at radius 1 is 1.17 bits per heavy atom. The van der Waals surface area contributed by atoms with Crippen LogP contribution in [-0.4, -0.2) is 36.0 Å². The number of hydrogen-bond acceptors (Lipinski definition) is 3. The lowest BCUT2D eigenvalue weighted by Gasteiger charge is -2.25. The molecule has 0 saturated heterocycles. The number of carbonyl (C=O) groups excluding carboxylic acids is 2. The zero-order valence-electron chi connectivity index (χ0n) is 11.2. The number of nitrogens with zero attached hydrogens (tertiary/aromatic N) is 1. The van der Waals surface area contributed by atoms with Gasteiger partial charge in [-0.25, -0.2) is 0 Å². The summed E-state index contributed by atoms with van der Waals surface area (Å²) in [5.74, 6) is 0.300. The minimum atomic E-state index is -0.192. The number of hydrogen-bond donors (Lipinski definition) is 0. The molecule has 0 heterocycles. The van der Waals surface area contributed by atoms with Gasteiger partial charge in [-0.15, -0.1) is 0 Å². The van der Waals surface area contributed by atoms with Gasteiger partial charge in [0.2, 0.25) is 5.91 Å². The lowest BCUT2D eigenvalue weighted by atomic mass is 10.1. The van der Waals surface area contributed by atoms with Crippen molar-refractivity contribution in [2.24, 2.45) is 5.92 Å². The Morgan fingerprint density at radius 3 is 2.39 bits per heavy atom. The Hall–Kier alpha value is -1.06. The first-order valence-corrected chi connectivity index (χ1v) is 7.18. The van der Waals surface area contributed by atoms with Crippen LogP contribution in [0.15, 0.2) is 0 Å². The van der Waals surface area contributed by atoms with E-state index >= 15 is 0 Å². The van der Waals surface area contributed by atoms with E-state index in [2.05, 4.69) is 0 Å². The average Bonchev–Trinajstić information content (AvgIpc) is 3.04. The topological polar surface area (TPSA) is 46.6 Å². The van der Waals surface area contributed by atoms with Crippen LogP contribution in [0.3, 0.4) is 0 Å². The van der Waals surface area contributed by atoms with Crippen molar-refractivity contribution in [2.45, 2.75) is 57.9 Å². The van der Waals surface area contributed by atoms with E-state index in [1.54, 1.807) is 6.92 Å². The highest BCUT2D eigenvalue weighted by Gasteiger charge is 2.36. The molecule has 2 aliphatic carbocycles. The zero-order chi connectivity index (χ0) is 13.0. The van der Waals surface area contributed by atoms with Crippen molar-refractivity contribution in [2.75, 3.05) is 13.2 Å². The van der Waals surface area contributed by atoms with E-state index in [9.17, 15) is 9.59 Å². The van der Waals surface area contributed by atoms with Crippen LogP contribution in [-0.2, 0) is 14.3 Å². The first-order valence-electron chi connectivity index (χ1n) is 7.18. The molecule has 0 atom stereocenters. The minimum Gasteiger partial charge on any atom is -0.466 e. The van der Waals surface area contributed by atoms with Gasteiger partial charge < -0.3 is 9.64 Å². The second-order valence-corrected chi connectivity index (χ2v) is 5.30. The van der Waals surface area contributed by atoms with Crippen molar-refractivity contribution >= 4 is 11.9 Å². The second-order valence-electron chi connectivity index (χ2n) is 5.30. The first kappa shape index (κ1) is 13.4. The Kier molecular flexibility index (Phi) is 4.61. The van der Waals surface area contributed by atoms with Crippen LogP contribution < -0.4 is 0 Å². The maximum atomic E-state index is 12.4. The van der Waals surface area contributed by atoms with Crippen molar-refractivity contribution in [3.8, 4) is 0 Å². The van der Waals surface area contributed by atoms with Gasteiger partial charge in [0.1, 0.15) is 0 Å². The second kappa shape index (κ2) is 6.21. The number of esters is 1. The predicted octanol–water partition coefficient (Wildman–Crippen LogP) is 2.12. The van der Waals surface area contributed by atoms with Gasteiger partial charge in [-0.3, -0.25) is 9.59 Å². The zero-order valence-corrected chi connectivity index (χ0v) is 11.2. The number of rotatable bonds is 6. The molecule has 0 aromatic heterocycles. The van der Waals surface area contributed by atoms with Gasteiger partial charge in [0, 0.05) is 18.5 Å². The van der Waals surface area contributed by atoms with E-state index in [0.717, 1.165) is 25.7 Å². The third-order valence-electron chi connectivity index (χ3n) is 3.84. The average molecular weight is 253 g/mol. The summed E-state index contributed by atoms with van der Waals surface area (Å²) in [5, 5.41) is 0. The van der Waals surface area contributed by atoms with Crippen LogP contribution in [0.25, 0.3) is 0 Å². The summed E-state index contributed by atoms with van der Waals surface area (Å²) < 4.78 is 4.92. The van der Waals surface area contributed by atoms with Crippen molar-refractivity contribution in [3.63, 3.8) is 0 Å². The maximum absolute atomic E-state index is 12.4. The molecule has 0 bridgehead atoms. The molecule has 2 saturated carbocycles. The molecule has 4 heteroatoms. The smallest absolute Gasteiger partial charge is 0.307 e. The Balaban J connectivity index is 1.83. The molecule has 0 radical (unpaired) electrons. The lowest BCUT2D eigenvalue weighted by molar-refractivity contribution is -0.144. The van der Waals surface area contributed by atoms with Gasteiger partial charge in [0.05, 0.1) is 13.0 Å². The standard InChI is InChI=1S/C14H23NO3/c1-2-18-13(16)9-10-15(12-7-8-12)14(17)11-5-3-4-6-11/h11-12H,2-10H2,1H3. The van der Waals surface area contributed by atoms with Crippen molar-refractivity contribution in [3.05, 3.63) is 0 Å². The van der Waals surface area contributed by atoms with E-state index < -0.39 is 0 Å². The summed E-state index contributed by atoms with van der Waals surface area (Å²) in [7, 11) is 0. The third-order valence-corrected chi connectivity index (χ3v) is 3.84. The Labute approximate surface area is 109 Å². The number of carbonyl (C=O) groups is 2. The molecule has 102 valence electrons. The molecule has 0 N–H and O–H groups in total. The van der Waals surface area contributed by atoms with Crippen LogP contribution in [0.5, 0.6) is 0 Å². The summed E-state index contributed by atoms with van der Waals surface area (Å²) >= 11 is 0. The molecule has 0 aromatic carbocycles. The molecule has 0 aromatic rings. The summed E-state index contributed by atoms with van der Waals surface area (Å²) in [4.78, 5) is 25.7. The predicted molar refractivity (Wildman–Crippen MR) is 67.9 cm³/mol. The summed E-state index contributed by atoms with van der Waals surface area (Å²) in [5.41, 5.74) is 0.